The third-order valence-electron chi connectivity index (χ3n) is 5.06. The average Bonchev–Trinajstić information content (AvgIpc) is 2.25. The van der Waals surface area contributed by atoms with Crippen LogP contribution in [-0.4, -0.2) is 17.0 Å². The van der Waals surface area contributed by atoms with Gasteiger partial charge in [-0.05, 0) is 68.8 Å². The summed E-state index contributed by atoms with van der Waals surface area (Å²) < 4.78 is 0. The quantitative estimate of drug-likeness (QED) is 0.748. The first kappa shape index (κ1) is 12.8. The maximum atomic E-state index is 11.2. The van der Waals surface area contributed by atoms with Crippen LogP contribution in [0.25, 0.3) is 0 Å². The van der Waals surface area contributed by atoms with Crippen molar-refractivity contribution >= 4 is 6.29 Å². The van der Waals surface area contributed by atoms with E-state index in [9.17, 15) is 9.90 Å². The molecule has 0 heterocycles. The van der Waals surface area contributed by atoms with Gasteiger partial charge in [0.15, 0.2) is 0 Å². The van der Waals surface area contributed by atoms with E-state index in [4.69, 9.17) is 0 Å². The van der Waals surface area contributed by atoms with Crippen molar-refractivity contribution in [1.29, 1.82) is 0 Å². The van der Waals surface area contributed by atoms with Gasteiger partial charge in [0.1, 0.15) is 6.29 Å². The molecule has 0 unspecified atom stereocenters. The van der Waals surface area contributed by atoms with Gasteiger partial charge in [0.25, 0.3) is 0 Å². The monoisotopic (exact) mass is 236 g/mol. The second-order valence-electron chi connectivity index (χ2n) is 6.69. The molecule has 0 spiro atoms. The average molecular weight is 236 g/mol. The zero-order valence-electron chi connectivity index (χ0n) is 11.2. The summed E-state index contributed by atoms with van der Waals surface area (Å²) in [5, 5.41) is 10.2. The highest BCUT2D eigenvalue weighted by molar-refractivity contribution is 5.74. The van der Waals surface area contributed by atoms with Gasteiger partial charge in [-0.15, -0.1) is 0 Å². The second kappa shape index (κ2) is 4.24. The van der Waals surface area contributed by atoms with E-state index in [2.05, 4.69) is 13.0 Å². The molecule has 2 heteroatoms. The molecule has 1 fully saturated rings. The van der Waals surface area contributed by atoms with Gasteiger partial charge in [-0.2, -0.15) is 0 Å². The lowest BCUT2D eigenvalue weighted by Crippen LogP contribution is -2.43. The Morgan fingerprint density at radius 2 is 2.18 bits per heavy atom. The van der Waals surface area contributed by atoms with Crippen LogP contribution in [-0.2, 0) is 4.79 Å². The minimum atomic E-state index is -0.618. The number of fused-ring (bicyclic) bond motifs is 1. The summed E-state index contributed by atoms with van der Waals surface area (Å²) >= 11 is 0. The van der Waals surface area contributed by atoms with Crippen LogP contribution < -0.4 is 0 Å². The molecule has 0 aromatic heterocycles. The molecule has 96 valence electrons. The van der Waals surface area contributed by atoms with Crippen LogP contribution in [0, 0.1) is 17.3 Å². The summed E-state index contributed by atoms with van der Waals surface area (Å²) in [7, 11) is 0. The molecule has 2 rings (SSSR count). The van der Waals surface area contributed by atoms with E-state index in [1.165, 1.54) is 6.42 Å². The number of rotatable bonds is 2. The summed E-state index contributed by atoms with van der Waals surface area (Å²) in [5.74, 6) is 0.681. The van der Waals surface area contributed by atoms with Gasteiger partial charge >= 0.3 is 0 Å². The first-order valence-electron chi connectivity index (χ1n) is 6.74. The van der Waals surface area contributed by atoms with Gasteiger partial charge in [0.2, 0.25) is 0 Å². The van der Waals surface area contributed by atoms with Crippen molar-refractivity contribution in [2.75, 3.05) is 0 Å². The van der Waals surface area contributed by atoms with E-state index >= 15 is 0 Å². The summed E-state index contributed by atoms with van der Waals surface area (Å²) in [6.07, 6.45) is 8.55. The Morgan fingerprint density at radius 1 is 1.47 bits per heavy atom. The maximum absolute atomic E-state index is 11.2. The fraction of sp³-hybridized carbons (Fsp3) is 0.800. The van der Waals surface area contributed by atoms with Gasteiger partial charge < -0.3 is 5.11 Å². The van der Waals surface area contributed by atoms with Crippen LogP contribution >= 0.6 is 0 Å². The zero-order valence-corrected chi connectivity index (χ0v) is 11.2. The lowest BCUT2D eigenvalue weighted by molar-refractivity contribution is -0.107. The standard InChI is InChI=1S/C15H24O2/c1-14(2,17)12-6-8-15(3)7-4-5-11(10-16)13(15)9-12/h5,10,12-13,17H,4,6-9H2,1-3H3/t12-,13+,15-/m1/s1. The number of hydrogen-bond donors (Lipinski definition) is 1. The summed E-state index contributed by atoms with van der Waals surface area (Å²) in [5.41, 5.74) is 0.646. The molecule has 1 saturated carbocycles. The van der Waals surface area contributed by atoms with Crippen LogP contribution in [0.5, 0.6) is 0 Å². The number of hydrogen-bond acceptors (Lipinski definition) is 2. The molecule has 1 N–H and O–H groups in total. The fourth-order valence-electron chi connectivity index (χ4n) is 3.69. The minimum Gasteiger partial charge on any atom is -0.390 e. The van der Waals surface area contributed by atoms with Crippen LogP contribution in [0.3, 0.4) is 0 Å². The molecule has 2 aliphatic rings. The number of aldehydes is 1. The predicted molar refractivity (Wildman–Crippen MR) is 68.6 cm³/mol. The zero-order chi connectivity index (χ0) is 12.7. The molecule has 0 aliphatic heterocycles. The van der Waals surface area contributed by atoms with E-state index < -0.39 is 5.60 Å². The molecular formula is C15H24O2. The second-order valence-corrected chi connectivity index (χ2v) is 6.69. The van der Waals surface area contributed by atoms with Gasteiger partial charge in [0.05, 0.1) is 5.60 Å². The molecule has 2 nitrogen and oxygen atoms in total. The number of carbonyl (C=O) groups is 1. The molecule has 0 aromatic rings. The van der Waals surface area contributed by atoms with E-state index in [0.29, 0.717) is 11.8 Å². The molecule has 0 aromatic carbocycles. The molecule has 2 aliphatic carbocycles. The number of allylic oxidation sites excluding steroid dienone is 2. The van der Waals surface area contributed by atoms with Crippen molar-refractivity contribution < 1.29 is 9.90 Å². The minimum absolute atomic E-state index is 0.284. The SMILES string of the molecule is CC(C)(O)[C@@H]1CC[C@@]2(C)CCC=C(C=O)[C@@H]2C1. The van der Waals surface area contributed by atoms with Crippen LogP contribution in [0.15, 0.2) is 11.6 Å². The van der Waals surface area contributed by atoms with E-state index in [0.717, 1.165) is 37.5 Å². The highest BCUT2D eigenvalue weighted by atomic mass is 16.3. The smallest absolute Gasteiger partial charge is 0.146 e. The van der Waals surface area contributed by atoms with Crippen molar-refractivity contribution in [3.8, 4) is 0 Å². The molecule has 0 amide bonds. The van der Waals surface area contributed by atoms with Crippen molar-refractivity contribution in [3.05, 3.63) is 11.6 Å². The van der Waals surface area contributed by atoms with E-state index in [-0.39, 0.29) is 5.41 Å². The van der Waals surface area contributed by atoms with Gasteiger partial charge in [-0.25, -0.2) is 0 Å². The third-order valence-corrected chi connectivity index (χ3v) is 5.06. The normalized spacial score (nSPS) is 38.2. The predicted octanol–water partition coefficient (Wildman–Crippen LogP) is 3.10. The van der Waals surface area contributed by atoms with Crippen LogP contribution in [0.4, 0.5) is 0 Å². The Bertz CT molecular complexity index is 337. The Labute approximate surface area is 104 Å². The van der Waals surface area contributed by atoms with E-state index in [1.54, 1.807) is 0 Å². The number of aliphatic hydroxyl groups is 1. The van der Waals surface area contributed by atoms with Gasteiger partial charge in [-0.3, -0.25) is 4.79 Å². The molecule has 17 heavy (non-hydrogen) atoms. The first-order chi connectivity index (χ1) is 7.87. The lowest BCUT2D eigenvalue weighted by atomic mass is 9.56. The maximum Gasteiger partial charge on any atom is 0.146 e. The van der Waals surface area contributed by atoms with Gasteiger partial charge in [-0.1, -0.05) is 13.0 Å². The molecule has 0 saturated heterocycles. The number of carbonyl (C=O) groups excluding carboxylic acids is 1. The van der Waals surface area contributed by atoms with Crippen molar-refractivity contribution in [3.63, 3.8) is 0 Å². The topological polar surface area (TPSA) is 37.3 Å². The van der Waals surface area contributed by atoms with Gasteiger partial charge in [0, 0.05) is 0 Å². The highest BCUT2D eigenvalue weighted by Gasteiger charge is 2.45. The molecule has 3 atom stereocenters. The molecular weight excluding hydrogens is 212 g/mol. The van der Waals surface area contributed by atoms with Crippen LogP contribution in [0.2, 0.25) is 0 Å². The summed E-state index contributed by atoms with van der Waals surface area (Å²) in [4.78, 5) is 11.2. The third kappa shape index (κ3) is 2.33. The Kier molecular flexibility index (Phi) is 3.19. The highest BCUT2D eigenvalue weighted by Crippen LogP contribution is 2.53. The molecule has 0 bridgehead atoms. The van der Waals surface area contributed by atoms with Crippen molar-refractivity contribution in [2.45, 2.75) is 58.5 Å². The lowest BCUT2D eigenvalue weighted by Gasteiger charge is -2.49. The summed E-state index contributed by atoms with van der Waals surface area (Å²) in [6, 6.07) is 0. The summed E-state index contributed by atoms with van der Waals surface area (Å²) in [6.45, 7) is 6.11. The Balaban J connectivity index is 2.23. The molecule has 0 radical (unpaired) electrons. The first-order valence-corrected chi connectivity index (χ1v) is 6.74. The fourth-order valence-corrected chi connectivity index (χ4v) is 3.69. The largest absolute Gasteiger partial charge is 0.390 e. The van der Waals surface area contributed by atoms with Crippen molar-refractivity contribution in [2.24, 2.45) is 17.3 Å². The van der Waals surface area contributed by atoms with Crippen molar-refractivity contribution in [1.82, 2.24) is 0 Å². The Hall–Kier alpha value is -0.630. The van der Waals surface area contributed by atoms with E-state index in [1.807, 2.05) is 13.8 Å². The Morgan fingerprint density at radius 3 is 2.76 bits per heavy atom. The van der Waals surface area contributed by atoms with Crippen LogP contribution in [0.1, 0.15) is 52.9 Å².